The van der Waals surface area contributed by atoms with Gasteiger partial charge in [0.2, 0.25) is 0 Å². The van der Waals surface area contributed by atoms with Gasteiger partial charge in [0.05, 0.1) is 7.11 Å². The van der Waals surface area contributed by atoms with E-state index in [4.69, 9.17) is 9.57 Å². The first-order chi connectivity index (χ1) is 13.0. The van der Waals surface area contributed by atoms with Gasteiger partial charge in [-0.3, -0.25) is 14.5 Å². The molecule has 2 fully saturated rings. The van der Waals surface area contributed by atoms with Crippen LogP contribution in [0.2, 0.25) is 0 Å². The molecule has 8 heteroatoms. The molecule has 0 aromatic carbocycles. The molecule has 1 aromatic rings. The van der Waals surface area contributed by atoms with Crippen molar-refractivity contribution in [1.82, 2.24) is 19.9 Å². The Morgan fingerprint density at radius 3 is 2.59 bits per heavy atom. The number of carbonyl (C=O) groups is 1. The van der Waals surface area contributed by atoms with Crippen molar-refractivity contribution in [3.8, 4) is 6.01 Å². The number of ether oxygens (including phenoxy) is 1. The van der Waals surface area contributed by atoms with Gasteiger partial charge in [-0.2, -0.15) is 9.97 Å². The average molecular weight is 377 g/mol. The normalized spacial score (nSPS) is 21.9. The Balaban J connectivity index is 1.85. The van der Waals surface area contributed by atoms with Crippen molar-refractivity contribution in [2.24, 2.45) is 0 Å². The van der Waals surface area contributed by atoms with Crippen molar-refractivity contribution in [3.05, 3.63) is 11.8 Å². The fraction of sp³-hybridized carbons (Fsp3) is 0.737. The van der Waals surface area contributed by atoms with Crippen molar-refractivity contribution in [1.29, 1.82) is 0 Å². The van der Waals surface area contributed by atoms with E-state index in [-0.39, 0.29) is 23.7 Å². The number of hydrogen-bond donors (Lipinski definition) is 0. The SMILES string of the molecule is CON(C)C(=O)c1cc(N2CCCCC2)nc(O[C@@H](C)[C@@H]2CCCN2C)n1. The maximum atomic E-state index is 12.6. The van der Waals surface area contributed by atoms with E-state index < -0.39 is 0 Å². The van der Waals surface area contributed by atoms with Gasteiger partial charge in [-0.15, -0.1) is 0 Å². The molecule has 1 aromatic heterocycles. The Labute approximate surface area is 161 Å². The predicted octanol–water partition coefficient (Wildman–Crippen LogP) is 1.96. The van der Waals surface area contributed by atoms with Crippen molar-refractivity contribution >= 4 is 11.7 Å². The van der Waals surface area contributed by atoms with E-state index in [9.17, 15) is 4.79 Å². The van der Waals surface area contributed by atoms with Crippen LogP contribution < -0.4 is 9.64 Å². The zero-order chi connectivity index (χ0) is 19.4. The first-order valence-electron chi connectivity index (χ1n) is 9.82. The summed E-state index contributed by atoms with van der Waals surface area (Å²) < 4.78 is 6.10. The molecule has 2 aliphatic heterocycles. The highest BCUT2D eigenvalue weighted by Crippen LogP contribution is 2.24. The second-order valence-corrected chi connectivity index (χ2v) is 7.44. The molecule has 27 heavy (non-hydrogen) atoms. The Bertz CT molecular complexity index is 650. The molecule has 2 saturated heterocycles. The highest BCUT2D eigenvalue weighted by Gasteiger charge is 2.29. The lowest BCUT2D eigenvalue weighted by Crippen LogP contribution is -2.38. The summed E-state index contributed by atoms with van der Waals surface area (Å²) in [5, 5.41) is 1.17. The molecule has 0 unspecified atom stereocenters. The molecule has 3 rings (SSSR count). The number of nitrogens with zero attached hydrogens (tertiary/aromatic N) is 5. The fourth-order valence-corrected chi connectivity index (χ4v) is 3.88. The summed E-state index contributed by atoms with van der Waals surface area (Å²) in [6, 6.07) is 2.34. The third kappa shape index (κ3) is 4.68. The van der Waals surface area contributed by atoms with Gasteiger partial charge in [0.1, 0.15) is 17.6 Å². The van der Waals surface area contributed by atoms with Crippen LogP contribution in [0.3, 0.4) is 0 Å². The lowest BCUT2D eigenvalue weighted by Gasteiger charge is -2.29. The first kappa shape index (κ1) is 19.8. The van der Waals surface area contributed by atoms with Gasteiger partial charge in [0.25, 0.3) is 5.91 Å². The molecule has 0 aliphatic carbocycles. The quantitative estimate of drug-likeness (QED) is 0.702. The summed E-state index contributed by atoms with van der Waals surface area (Å²) in [5.41, 5.74) is 0.289. The molecule has 2 atom stereocenters. The van der Waals surface area contributed by atoms with E-state index in [0.717, 1.165) is 44.7 Å². The second kappa shape index (κ2) is 8.84. The molecule has 8 nitrogen and oxygen atoms in total. The fourth-order valence-electron chi connectivity index (χ4n) is 3.88. The number of rotatable bonds is 6. The summed E-state index contributed by atoms with van der Waals surface area (Å²) in [4.78, 5) is 31.1. The molecule has 0 spiro atoms. The number of anilines is 1. The van der Waals surface area contributed by atoms with E-state index >= 15 is 0 Å². The number of piperidine rings is 1. The van der Waals surface area contributed by atoms with E-state index in [1.54, 1.807) is 13.1 Å². The molecule has 0 N–H and O–H groups in total. The highest BCUT2D eigenvalue weighted by atomic mass is 16.7. The first-order valence-corrected chi connectivity index (χ1v) is 9.82. The minimum absolute atomic E-state index is 0.0442. The van der Waals surface area contributed by atoms with Crippen LogP contribution in [0.15, 0.2) is 6.07 Å². The van der Waals surface area contributed by atoms with Crippen molar-refractivity contribution in [3.63, 3.8) is 0 Å². The maximum Gasteiger partial charge on any atom is 0.319 e. The maximum absolute atomic E-state index is 12.6. The third-order valence-electron chi connectivity index (χ3n) is 5.56. The van der Waals surface area contributed by atoms with Gasteiger partial charge >= 0.3 is 6.01 Å². The number of carbonyl (C=O) groups excluding carboxylic acids is 1. The third-order valence-corrected chi connectivity index (χ3v) is 5.56. The summed E-state index contributed by atoms with van der Waals surface area (Å²) in [6.07, 6.45) is 5.72. The second-order valence-electron chi connectivity index (χ2n) is 7.44. The largest absolute Gasteiger partial charge is 0.459 e. The zero-order valence-corrected chi connectivity index (χ0v) is 16.8. The number of likely N-dealkylation sites (tertiary alicyclic amines) is 1. The minimum atomic E-state index is -0.311. The van der Waals surface area contributed by atoms with E-state index in [0.29, 0.717) is 6.04 Å². The van der Waals surface area contributed by atoms with E-state index in [1.807, 2.05) is 6.92 Å². The molecule has 150 valence electrons. The van der Waals surface area contributed by atoms with Gasteiger partial charge in [-0.05, 0) is 52.6 Å². The lowest BCUT2D eigenvalue weighted by molar-refractivity contribution is -0.0761. The van der Waals surface area contributed by atoms with Gasteiger partial charge in [-0.1, -0.05) is 0 Å². The van der Waals surface area contributed by atoms with Crippen LogP contribution in [0, 0.1) is 0 Å². The summed E-state index contributed by atoms with van der Waals surface area (Å²) in [7, 11) is 5.15. The number of hydrogen-bond acceptors (Lipinski definition) is 7. The molecular formula is C19H31N5O3. The van der Waals surface area contributed by atoms with Crippen LogP contribution in [-0.4, -0.2) is 78.8 Å². The number of hydroxylamine groups is 2. The predicted molar refractivity (Wildman–Crippen MR) is 103 cm³/mol. The van der Waals surface area contributed by atoms with Gasteiger partial charge in [0, 0.05) is 32.2 Å². The van der Waals surface area contributed by atoms with Crippen molar-refractivity contribution < 1.29 is 14.4 Å². The van der Waals surface area contributed by atoms with E-state index in [2.05, 4.69) is 26.8 Å². The Morgan fingerprint density at radius 2 is 1.96 bits per heavy atom. The van der Waals surface area contributed by atoms with Gasteiger partial charge in [0.15, 0.2) is 0 Å². The van der Waals surface area contributed by atoms with Gasteiger partial charge in [-0.25, -0.2) is 5.06 Å². The molecule has 0 saturated carbocycles. The molecule has 1 amide bonds. The van der Waals surface area contributed by atoms with Crippen LogP contribution in [0.4, 0.5) is 5.82 Å². The van der Waals surface area contributed by atoms with Crippen LogP contribution in [0.5, 0.6) is 6.01 Å². The standard InChI is InChI=1S/C19H31N5O3/c1-14(16-9-8-10-22(16)2)27-19-20-15(18(25)23(3)26-4)13-17(21-19)24-11-6-5-7-12-24/h13-14,16H,5-12H2,1-4H3/t14-,16-/m0/s1. The number of amides is 1. The Morgan fingerprint density at radius 1 is 1.22 bits per heavy atom. The molecule has 0 radical (unpaired) electrons. The van der Waals surface area contributed by atoms with Crippen LogP contribution in [0.1, 0.15) is 49.5 Å². The van der Waals surface area contributed by atoms with Crippen molar-refractivity contribution in [2.75, 3.05) is 45.7 Å². The smallest absolute Gasteiger partial charge is 0.319 e. The zero-order valence-electron chi connectivity index (χ0n) is 16.8. The molecule has 0 bridgehead atoms. The summed E-state index contributed by atoms with van der Waals surface area (Å²) in [6.45, 7) is 5.00. The van der Waals surface area contributed by atoms with Crippen LogP contribution >= 0.6 is 0 Å². The Kier molecular flexibility index (Phi) is 6.49. The van der Waals surface area contributed by atoms with E-state index in [1.165, 1.54) is 25.0 Å². The molecule has 3 heterocycles. The molecular weight excluding hydrogens is 346 g/mol. The topological polar surface area (TPSA) is 71.0 Å². The Hall–Kier alpha value is -1.93. The van der Waals surface area contributed by atoms with Crippen LogP contribution in [0.25, 0.3) is 0 Å². The van der Waals surface area contributed by atoms with Crippen molar-refractivity contribution in [2.45, 2.75) is 51.2 Å². The van der Waals surface area contributed by atoms with Crippen LogP contribution in [-0.2, 0) is 4.84 Å². The lowest BCUT2D eigenvalue weighted by atomic mass is 10.1. The van der Waals surface area contributed by atoms with Gasteiger partial charge < -0.3 is 9.64 Å². The summed E-state index contributed by atoms with van der Waals surface area (Å²) >= 11 is 0. The monoisotopic (exact) mass is 377 g/mol. The average Bonchev–Trinajstić information content (AvgIpc) is 3.13. The number of aromatic nitrogens is 2. The summed E-state index contributed by atoms with van der Waals surface area (Å²) in [5.74, 6) is 0.438. The minimum Gasteiger partial charge on any atom is -0.459 e. The highest BCUT2D eigenvalue weighted by molar-refractivity contribution is 5.92. The molecule has 2 aliphatic rings. The number of likely N-dealkylation sites (N-methyl/N-ethyl adjacent to an activating group) is 1.